The molecule has 0 aliphatic heterocycles. The maximum Gasteiger partial charge on any atom is 0.243 e. The van der Waals surface area contributed by atoms with Crippen molar-refractivity contribution in [3.8, 4) is 17.2 Å². The number of carbonyl (C=O) groups excluding carboxylic acids is 1. The van der Waals surface area contributed by atoms with E-state index in [0.717, 1.165) is 11.1 Å². The number of hydrogen-bond acceptors (Lipinski definition) is 6. The summed E-state index contributed by atoms with van der Waals surface area (Å²) in [5.74, 6) is 1.07. The first-order valence-corrected chi connectivity index (χ1v) is 12.9. The molecule has 0 fully saturated rings. The van der Waals surface area contributed by atoms with Gasteiger partial charge in [-0.2, -0.15) is 4.31 Å². The molecule has 0 aromatic heterocycles. The van der Waals surface area contributed by atoms with E-state index in [1.165, 1.54) is 42.7 Å². The van der Waals surface area contributed by atoms with Gasteiger partial charge in [-0.1, -0.05) is 48.5 Å². The Morgan fingerprint density at radius 3 is 1.89 bits per heavy atom. The predicted octanol–water partition coefficient (Wildman–Crippen LogP) is 3.60. The van der Waals surface area contributed by atoms with Crippen LogP contribution in [-0.2, 0) is 27.8 Å². The molecular weight excluding hydrogens is 480 g/mol. The maximum absolute atomic E-state index is 13.4. The van der Waals surface area contributed by atoms with E-state index in [-0.39, 0.29) is 30.4 Å². The van der Waals surface area contributed by atoms with Gasteiger partial charge in [0.05, 0.1) is 32.8 Å². The minimum Gasteiger partial charge on any atom is -0.493 e. The molecular formula is C27H32N2O6S. The quantitative estimate of drug-likeness (QED) is 0.369. The van der Waals surface area contributed by atoms with E-state index in [4.69, 9.17) is 14.2 Å². The molecule has 36 heavy (non-hydrogen) atoms. The minimum atomic E-state index is -3.87. The average molecular weight is 513 g/mol. The summed E-state index contributed by atoms with van der Waals surface area (Å²) >= 11 is 0. The van der Waals surface area contributed by atoms with E-state index >= 15 is 0 Å². The van der Waals surface area contributed by atoms with Crippen molar-refractivity contribution in [2.75, 3.05) is 41.5 Å². The van der Waals surface area contributed by atoms with E-state index in [1.54, 1.807) is 37.4 Å². The van der Waals surface area contributed by atoms with Crippen LogP contribution in [0.3, 0.4) is 0 Å². The van der Waals surface area contributed by atoms with Crippen molar-refractivity contribution >= 4 is 15.9 Å². The fourth-order valence-electron chi connectivity index (χ4n) is 3.78. The molecule has 0 N–H and O–H groups in total. The van der Waals surface area contributed by atoms with Gasteiger partial charge in [-0.05, 0) is 41.8 Å². The van der Waals surface area contributed by atoms with Crippen LogP contribution in [0.25, 0.3) is 0 Å². The van der Waals surface area contributed by atoms with Crippen LogP contribution in [0.4, 0.5) is 0 Å². The summed E-state index contributed by atoms with van der Waals surface area (Å²) in [5.41, 5.74) is 1.74. The number of benzene rings is 3. The second kappa shape index (κ2) is 12.4. The molecule has 0 aliphatic carbocycles. The van der Waals surface area contributed by atoms with E-state index < -0.39 is 10.0 Å². The Balaban J connectivity index is 1.81. The summed E-state index contributed by atoms with van der Waals surface area (Å²) in [7, 11) is 2.33. The van der Waals surface area contributed by atoms with Gasteiger partial charge in [0.1, 0.15) is 0 Å². The van der Waals surface area contributed by atoms with Gasteiger partial charge in [-0.15, -0.1) is 0 Å². The van der Waals surface area contributed by atoms with E-state index in [9.17, 15) is 13.2 Å². The molecule has 0 saturated heterocycles. The highest BCUT2D eigenvalue weighted by Gasteiger charge is 2.28. The van der Waals surface area contributed by atoms with E-state index in [1.807, 2.05) is 30.3 Å². The van der Waals surface area contributed by atoms with Crippen LogP contribution in [0, 0.1) is 0 Å². The first kappa shape index (κ1) is 27.0. The predicted molar refractivity (Wildman–Crippen MR) is 138 cm³/mol. The number of nitrogens with zero attached hydrogens (tertiary/aromatic N) is 2. The molecule has 0 unspecified atom stereocenters. The third kappa shape index (κ3) is 6.56. The lowest BCUT2D eigenvalue weighted by Crippen LogP contribution is -2.42. The lowest BCUT2D eigenvalue weighted by molar-refractivity contribution is -0.130. The number of ether oxygens (including phenoxy) is 3. The Morgan fingerprint density at radius 1 is 0.806 bits per heavy atom. The Kier molecular flexibility index (Phi) is 9.32. The Bertz CT molecular complexity index is 1220. The number of hydrogen-bond donors (Lipinski definition) is 0. The number of sulfonamides is 1. The van der Waals surface area contributed by atoms with Gasteiger partial charge in [0.15, 0.2) is 11.5 Å². The molecule has 0 atom stereocenters. The number of rotatable bonds is 12. The summed E-state index contributed by atoms with van der Waals surface area (Å²) < 4.78 is 44.2. The van der Waals surface area contributed by atoms with Crippen LogP contribution in [0.1, 0.15) is 11.1 Å². The van der Waals surface area contributed by atoms with Crippen LogP contribution in [0.5, 0.6) is 17.2 Å². The number of likely N-dealkylation sites (N-methyl/N-ethyl adjacent to an activating group) is 1. The second-order valence-electron chi connectivity index (χ2n) is 8.17. The molecule has 3 aromatic rings. The zero-order chi connectivity index (χ0) is 26.1. The van der Waals surface area contributed by atoms with Gasteiger partial charge in [-0.3, -0.25) is 4.79 Å². The third-order valence-electron chi connectivity index (χ3n) is 5.76. The van der Waals surface area contributed by atoms with Gasteiger partial charge in [0, 0.05) is 20.1 Å². The summed E-state index contributed by atoms with van der Waals surface area (Å²) in [6.07, 6.45) is 0.483. The van der Waals surface area contributed by atoms with Gasteiger partial charge in [0.2, 0.25) is 21.7 Å². The van der Waals surface area contributed by atoms with Gasteiger partial charge in [-0.25, -0.2) is 8.42 Å². The van der Waals surface area contributed by atoms with Crippen LogP contribution < -0.4 is 14.2 Å². The Morgan fingerprint density at radius 2 is 1.36 bits per heavy atom. The highest BCUT2D eigenvalue weighted by molar-refractivity contribution is 7.89. The van der Waals surface area contributed by atoms with Crippen molar-refractivity contribution in [1.29, 1.82) is 0 Å². The molecule has 0 bridgehead atoms. The normalized spacial score (nSPS) is 11.2. The standard InChI is InChI=1S/C27H32N2O6S/c1-28(19-22-17-24(33-2)27(35-4)25(18-22)34-3)26(30)20-29(16-15-21-11-7-5-8-12-21)36(31,32)23-13-9-6-10-14-23/h5-14,17-18H,15-16,19-20H2,1-4H3. The highest BCUT2D eigenvalue weighted by atomic mass is 32.2. The molecule has 8 nitrogen and oxygen atoms in total. The maximum atomic E-state index is 13.4. The average Bonchev–Trinajstić information content (AvgIpc) is 2.91. The zero-order valence-electron chi connectivity index (χ0n) is 21.0. The first-order valence-electron chi connectivity index (χ1n) is 11.4. The van der Waals surface area contributed by atoms with Crippen molar-refractivity contribution in [3.05, 3.63) is 83.9 Å². The Hall–Kier alpha value is -3.56. The van der Waals surface area contributed by atoms with Gasteiger partial charge in [0.25, 0.3) is 0 Å². The largest absolute Gasteiger partial charge is 0.493 e. The molecule has 0 saturated carbocycles. The number of methoxy groups -OCH3 is 3. The van der Waals surface area contributed by atoms with Crippen molar-refractivity contribution in [2.24, 2.45) is 0 Å². The molecule has 0 spiro atoms. The summed E-state index contributed by atoms with van der Waals surface area (Å²) in [5, 5.41) is 0. The minimum absolute atomic E-state index is 0.151. The van der Waals surface area contributed by atoms with Gasteiger partial charge >= 0.3 is 0 Å². The summed E-state index contributed by atoms with van der Waals surface area (Å²) in [6.45, 7) is 0.115. The van der Waals surface area contributed by atoms with Crippen molar-refractivity contribution in [3.63, 3.8) is 0 Å². The molecule has 3 aromatic carbocycles. The van der Waals surface area contributed by atoms with Crippen LogP contribution in [0.2, 0.25) is 0 Å². The topological polar surface area (TPSA) is 85.4 Å². The summed E-state index contributed by atoms with van der Waals surface area (Å²) in [6, 6.07) is 21.3. The van der Waals surface area contributed by atoms with Crippen molar-refractivity contribution < 1.29 is 27.4 Å². The molecule has 0 aliphatic rings. The monoisotopic (exact) mass is 512 g/mol. The SMILES string of the molecule is COc1cc(CN(C)C(=O)CN(CCc2ccccc2)S(=O)(=O)c2ccccc2)cc(OC)c1OC. The Labute approximate surface area is 213 Å². The smallest absolute Gasteiger partial charge is 0.243 e. The second-order valence-corrected chi connectivity index (χ2v) is 10.1. The third-order valence-corrected chi connectivity index (χ3v) is 7.61. The fourth-order valence-corrected chi connectivity index (χ4v) is 5.20. The van der Waals surface area contributed by atoms with Crippen LogP contribution >= 0.6 is 0 Å². The molecule has 0 heterocycles. The molecule has 0 radical (unpaired) electrons. The highest BCUT2D eigenvalue weighted by Crippen LogP contribution is 2.38. The summed E-state index contributed by atoms with van der Waals surface area (Å²) in [4.78, 5) is 14.8. The van der Waals surface area contributed by atoms with E-state index in [2.05, 4.69) is 0 Å². The van der Waals surface area contributed by atoms with Crippen molar-refractivity contribution in [2.45, 2.75) is 17.9 Å². The lowest BCUT2D eigenvalue weighted by Gasteiger charge is -2.25. The number of amides is 1. The zero-order valence-corrected chi connectivity index (χ0v) is 21.8. The van der Waals surface area contributed by atoms with Crippen LogP contribution in [0.15, 0.2) is 77.7 Å². The van der Waals surface area contributed by atoms with Crippen molar-refractivity contribution in [1.82, 2.24) is 9.21 Å². The molecule has 9 heteroatoms. The van der Waals surface area contributed by atoms with Gasteiger partial charge < -0.3 is 19.1 Å². The van der Waals surface area contributed by atoms with Crippen LogP contribution in [-0.4, -0.2) is 65.0 Å². The van der Waals surface area contributed by atoms with E-state index in [0.29, 0.717) is 23.7 Å². The lowest BCUT2D eigenvalue weighted by atomic mass is 10.1. The molecule has 192 valence electrons. The first-order chi connectivity index (χ1) is 17.3. The number of carbonyl (C=O) groups is 1. The molecule has 3 rings (SSSR count). The molecule has 1 amide bonds. The fraction of sp³-hybridized carbons (Fsp3) is 0.296.